The summed E-state index contributed by atoms with van der Waals surface area (Å²) in [7, 11) is 3.37. The van der Waals surface area contributed by atoms with Crippen molar-refractivity contribution < 1.29 is 23.8 Å². The number of amides is 2. The number of rotatable bonds is 5. The number of ether oxygens (including phenoxy) is 3. The van der Waals surface area contributed by atoms with Gasteiger partial charge in [0.2, 0.25) is 5.91 Å². The van der Waals surface area contributed by atoms with Gasteiger partial charge in [-0.15, -0.1) is 0 Å². The van der Waals surface area contributed by atoms with Crippen molar-refractivity contribution in [3.63, 3.8) is 0 Å². The van der Waals surface area contributed by atoms with Crippen LogP contribution in [0.3, 0.4) is 0 Å². The average molecular weight is 425 g/mol. The number of benzene rings is 2. The molecule has 0 radical (unpaired) electrons. The molecule has 2 aliphatic heterocycles. The molecule has 1 unspecified atom stereocenters. The second kappa shape index (κ2) is 8.37. The van der Waals surface area contributed by atoms with E-state index in [0.29, 0.717) is 37.6 Å². The molecule has 0 spiro atoms. The summed E-state index contributed by atoms with van der Waals surface area (Å²) < 4.78 is 17.0. The summed E-state index contributed by atoms with van der Waals surface area (Å²) in [5, 5.41) is 3.46. The van der Waals surface area contributed by atoms with Crippen molar-refractivity contribution in [2.75, 3.05) is 52.3 Å². The van der Waals surface area contributed by atoms with E-state index < -0.39 is 5.54 Å². The summed E-state index contributed by atoms with van der Waals surface area (Å²) in [6, 6.07) is 12.7. The number of nitrogens with one attached hydrogen (secondary N) is 1. The first-order chi connectivity index (χ1) is 14.9. The summed E-state index contributed by atoms with van der Waals surface area (Å²) >= 11 is 0. The van der Waals surface area contributed by atoms with Gasteiger partial charge in [-0.25, -0.2) is 0 Å². The van der Waals surface area contributed by atoms with Gasteiger partial charge >= 0.3 is 0 Å². The van der Waals surface area contributed by atoms with Crippen LogP contribution in [-0.2, 0) is 4.79 Å². The van der Waals surface area contributed by atoms with E-state index in [-0.39, 0.29) is 18.4 Å². The number of carbonyl (C=O) groups is 2. The summed E-state index contributed by atoms with van der Waals surface area (Å²) in [5.74, 6) is 1.98. The van der Waals surface area contributed by atoms with Crippen LogP contribution in [0.15, 0.2) is 42.5 Å². The second-order valence-electron chi connectivity index (χ2n) is 8.19. The molecule has 1 fully saturated rings. The molecular formula is C23H27N3O5. The fourth-order valence-corrected chi connectivity index (χ4v) is 3.59. The van der Waals surface area contributed by atoms with Gasteiger partial charge in [-0.1, -0.05) is 0 Å². The van der Waals surface area contributed by atoms with Crippen LogP contribution in [0, 0.1) is 0 Å². The van der Waals surface area contributed by atoms with Crippen molar-refractivity contribution in [1.82, 2.24) is 9.80 Å². The first-order valence-corrected chi connectivity index (χ1v) is 10.2. The molecule has 1 atom stereocenters. The van der Waals surface area contributed by atoms with Gasteiger partial charge in [0.15, 0.2) is 0 Å². The summed E-state index contributed by atoms with van der Waals surface area (Å²) in [5.41, 5.74) is 0.782. The molecule has 2 aliphatic rings. The van der Waals surface area contributed by atoms with Crippen LogP contribution in [-0.4, -0.2) is 74.2 Å². The fraction of sp³-hybridized carbons (Fsp3) is 0.391. The minimum absolute atomic E-state index is 0.0534. The van der Waals surface area contributed by atoms with Crippen molar-refractivity contribution in [2.45, 2.75) is 12.5 Å². The number of fused-ring (bicyclic) bond motifs is 1. The highest BCUT2D eigenvalue weighted by atomic mass is 16.5. The zero-order valence-corrected chi connectivity index (χ0v) is 18.0. The molecule has 8 heteroatoms. The Morgan fingerprint density at radius 3 is 2.61 bits per heavy atom. The number of piperazine rings is 1. The van der Waals surface area contributed by atoms with Crippen molar-refractivity contribution in [1.29, 1.82) is 0 Å². The third-order valence-corrected chi connectivity index (χ3v) is 5.57. The van der Waals surface area contributed by atoms with E-state index in [4.69, 9.17) is 14.2 Å². The van der Waals surface area contributed by atoms with E-state index in [1.165, 1.54) is 0 Å². The largest absolute Gasteiger partial charge is 0.497 e. The third kappa shape index (κ3) is 4.52. The number of methoxy groups -OCH3 is 1. The molecule has 31 heavy (non-hydrogen) atoms. The van der Waals surface area contributed by atoms with E-state index in [2.05, 4.69) is 5.32 Å². The zero-order valence-electron chi connectivity index (χ0n) is 18.0. The first kappa shape index (κ1) is 20.8. The SMILES string of the molecule is COc1ccc(OCC2(C)COc3ccc(C(=O)N4CCN(C)C(=O)C4)cc3N2)cc1. The van der Waals surface area contributed by atoms with Crippen molar-refractivity contribution in [2.24, 2.45) is 0 Å². The van der Waals surface area contributed by atoms with E-state index >= 15 is 0 Å². The summed E-state index contributed by atoms with van der Waals surface area (Å²) in [6.45, 7) is 3.98. The molecule has 2 heterocycles. The Labute approximate surface area is 181 Å². The first-order valence-electron chi connectivity index (χ1n) is 10.2. The number of anilines is 1. The van der Waals surface area contributed by atoms with Gasteiger partial charge in [0.25, 0.3) is 5.91 Å². The third-order valence-electron chi connectivity index (χ3n) is 5.57. The average Bonchev–Trinajstić information content (AvgIpc) is 2.79. The lowest BCUT2D eigenvalue weighted by Crippen LogP contribution is -2.50. The minimum atomic E-state index is -0.474. The van der Waals surface area contributed by atoms with Crippen LogP contribution in [0.25, 0.3) is 0 Å². The maximum absolute atomic E-state index is 12.9. The molecule has 1 saturated heterocycles. The molecule has 2 amide bonds. The number of hydrogen-bond acceptors (Lipinski definition) is 6. The number of carbonyl (C=O) groups excluding carboxylic acids is 2. The van der Waals surface area contributed by atoms with Crippen LogP contribution in [0.1, 0.15) is 17.3 Å². The van der Waals surface area contributed by atoms with E-state index in [9.17, 15) is 9.59 Å². The van der Waals surface area contributed by atoms with Crippen LogP contribution in [0.5, 0.6) is 17.2 Å². The molecule has 0 saturated carbocycles. The van der Waals surface area contributed by atoms with E-state index in [1.807, 2.05) is 31.2 Å². The summed E-state index contributed by atoms with van der Waals surface area (Å²) in [4.78, 5) is 28.1. The molecular weight excluding hydrogens is 398 g/mol. The molecule has 2 aromatic carbocycles. The predicted octanol–water partition coefficient (Wildman–Crippen LogP) is 2.25. The van der Waals surface area contributed by atoms with Crippen LogP contribution >= 0.6 is 0 Å². The normalized spacial score (nSPS) is 20.4. The van der Waals surface area contributed by atoms with Gasteiger partial charge < -0.3 is 29.3 Å². The molecule has 164 valence electrons. The number of nitrogens with zero attached hydrogens (tertiary/aromatic N) is 2. The maximum Gasteiger partial charge on any atom is 0.254 e. The monoisotopic (exact) mass is 425 g/mol. The van der Waals surface area contributed by atoms with Crippen molar-refractivity contribution in [3.05, 3.63) is 48.0 Å². The highest BCUT2D eigenvalue weighted by molar-refractivity contribution is 5.98. The minimum Gasteiger partial charge on any atom is -0.497 e. The van der Waals surface area contributed by atoms with Gasteiger partial charge in [-0.05, 0) is 49.4 Å². The molecule has 4 rings (SSSR count). The van der Waals surface area contributed by atoms with Gasteiger partial charge in [-0.3, -0.25) is 9.59 Å². The van der Waals surface area contributed by atoms with E-state index in [1.54, 1.807) is 42.2 Å². The van der Waals surface area contributed by atoms with Gasteiger partial charge in [0.1, 0.15) is 42.5 Å². The lowest BCUT2D eigenvalue weighted by molar-refractivity contribution is -0.133. The topological polar surface area (TPSA) is 80.3 Å². The quantitative estimate of drug-likeness (QED) is 0.792. The lowest BCUT2D eigenvalue weighted by Gasteiger charge is -2.37. The molecule has 0 bridgehead atoms. The highest BCUT2D eigenvalue weighted by Gasteiger charge is 2.33. The van der Waals surface area contributed by atoms with E-state index in [0.717, 1.165) is 17.2 Å². The summed E-state index contributed by atoms with van der Waals surface area (Å²) in [6.07, 6.45) is 0. The Bertz CT molecular complexity index is 978. The number of likely N-dealkylation sites (N-methyl/N-ethyl adjacent to an activating group) is 1. The van der Waals surface area contributed by atoms with Crippen LogP contribution in [0.4, 0.5) is 5.69 Å². The highest BCUT2D eigenvalue weighted by Crippen LogP contribution is 2.34. The fourth-order valence-electron chi connectivity index (χ4n) is 3.59. The maximum atomic E-state index is 12.9. The Balaban J connectivity index is 1.44. The predicted molar refractivity (Wildman–Crippen MR) is 116 cm³/mol. The Morgan fingerprint density at radius 1 is 1.16 bits per heavy atom. The van der Waals surface area contributed by atoms with Crippen molar-refractivity contribution >= 4 is 17.5 Å². The Kier molecular flexibility index (Phi) is 5.63. The molecule has 0 aromatic heterocycles. The van der Waals surface area contributed by atoms with Gasteiger partial charge in [-0.2, -0.15) is 0 Å². The smallest absolute Gasteiger partial charge is 0.254 e. The Morgan fingerprint density at radius 2 is 1.90 bits per heavy atom. The second-order valence-corrected chi connectivity index (χ2v) is 8.19. The van der Waals surface area contributed by atoms with Crippen LogP contribution < -0.4 is 19.5 Å². The molecule has 2 aromatic rings. The standard InChI is InChI=1S/C23H27N3O5/c1-23(14-30-18-7-5-17(29-3)6-8-18)15-31-20-9-4-16(12-19(20)24-23)22(28)26-11-10-25(2)21(27)13-26/h4-9,12,24H,10-11,13-15H2,1-3H3. The molecule has 8 nitrogen and oxygen atoms in total. The lowest BCUT2D eigenvalue weighted by atomic mass is 10.0. The Hall–Kier alpha value is -3.42. The zero-order chi connectivity index (χ0) is 22.0. The van der Waals surface area contributed by atoms with Crippen molar-refractivity contribution in [3.8, 4) is 17.2 Å². The number of hydrogen-bond donors (Lipinski definition) is 1. The molecule has 1 N–H and O–H groups in total. The van der Waals surface area contributed by atoms with Crippen LogP contribution in [0.2, 0.25) is 0 Å². The van der Waals surface area contributed by atoms with Gasteiger partial charge in [0, 0.05) is 25.7 Å². The molecule has 0 aliphatic carbocycles. The van der Waals surface area contributed by atoms with Gasteiger partial charge in [0.05, 0.1) is 12.8 Å².